The third kappa shape index (κ3) is 3.66. The minimum atomic E-state index is -0.0323. The Balaban J connectivity index is 2.76. The number of oxime groups is 1. The fraction of sp³-hybridized carbons (Fsp3) is 0.333. The van der Waals surface area contributed by atoms with E-state index in [2.05, 4.69) is 5.16 Å². The molecule has 0 saturated carbocycles. The van der Waals surface area contributed by atoms with E-state index < -0.39 is 0 Å². The van der Waals surface area contributed by atoms with Crippen molar-refractivity contribution in [1.29, 1.82) is 0 Å². The maximum Gasteiger partial charge on any atom is 0.253 e. The van der Waals surface area contributed by atoms with E-state index in [4.69, 9.17) is 10.9 Å². The zero-order chi connectivity index (χ0) is 13.5. The third-order valence-corrected chi connectivity index (χ3v) is 3.10. The highest BCUT2D eigenvalue weighted by Gasteiger charge is 2.11. The number of nitrogens with two attached hydrogens (primary N) is 1. The molecule has 0 heterocycles. The van der Waals surface area contributed by atoms with Gasteiger partial charge in [0.25, 0.3) is 5.91 Å². The van der Waals surface area contributed by atoms with Gasteiger partial charge in [-0.25, -0.2) is 0 Å². The van der Waals surface area contributed by atoms with Gasteiger partial charge in [-0.3, -0.25) is 4.79 Å². The number of amides is 1. The number of hydrogen-bond donors (Lipinski definition) is 2. The Morgan fingerprint density at radius 3 is 2.44 bits per heavy atom. The van der Waals surface area contributed by atoms with Crippen LogP contribution in [0.3, 0.4) is 0 Å². The predicted molar refractivity (Wildman–Crippen MR) is 74.3 cm³/mol. The molecule has 0 bridgehead atoms. The first-order valence-electron chi connectivity index (χ1n) is 5.42. The molecule has 0 atom stereocenters. The van der Waals surface area contributed by atoms with Gasteiger partial charge < -0.3 is 15.8 Å². The number of carbonyl (C=O) groups is 1. The summed E-state index contributed by atoms with van der Waals surface area (Å²) in [6, 6.07) is 6.66. The van der Waals surface area contributed by atoms with Crippen LogP contribution in [0.2, 0.25) is 0 Å². The van der Waals surface area contributed by atoms with Crippen molar-refractivity contribution in [3.63, 3.8) is 0 Å². The average Bonchev–Trinajstić information content (AvgIpc) is 2.43. The van der Waals surface area contributed by atoms with Crippen LogP contribution < -0.4 is 5.73 Å². The van der Waals surface area contributed by atoms with Gasteiger partial charge in [0.1, 0.15) is 0 Å². The number of carbonyl (C=O) groups excluding carboxylic acids is 1. The fourth-order valence-corrected chi connectivity index (χ4v) is 1.85. The Kier molecular flexibility index (Phi) is 5.51. The maximum atomic E-state index is 12.0. The largest absolute Gasteiger partial charge is 0.409 e. The molecule has 18 heavy (non-hydrogen) atoms. The van der Waals surface area contributed by atoms with E-state index in [-0.39, 0.29) is 11.7 Å². The Morgan fingerprint density at radius 1 is 1.39 bits per heavy atom. The lowest BCUT2D eigenvalue weighted by molar-refractivity contribution is 0.0804. The Bertz CT molecular complexity index is 431. The summed E-state index contributed by atoms with van der Waals surface area (Å²) >= 11 is 1.70. The predicted octanol–water partition coefficient (Wildman–Crippen LogP) is 1.22. The van der Waals surface area contributed by atoms with Gasteiger partial charge in [-0.2, -0.15) is 11.8 Å². The SMILES string of the molecule is CSCCN(C)C(=O)c1ccc(/C(N)=N/O)cc1. The minimum absolute atomic E-state index is 0.0322. The van der Waals surface area contributed by atoms with Crippen molar-refractivity contribution in [3.8, 4) is 0 Å². The van der Waals surface area contributed by atoms with Crippen molar-refractivity contribution in [1.82, 2.24) is 4.90 Å². The quantitative estimate of drug-likeness (QED) is 0.364. The lowest BCUT2D eigenvalue weighted by atomic mass is 10.1. The summed E-state index contributed by atoms with van der Waals surface area (Å²) in [5, 5.41) is 11.4. The van der Waals surface area contributed by atoms with Crippen LogP contribution in [0, 0.1) is 0 Å². The maximum absolute atomic E-state index is 12.0. The molecule has 1 amide bonds. The highest BCUT2D eigenvalue weighted by Crippen LogP contribution is 2.07. The van der Waals surface area contributed by atoms with Crippen LogP contribution in [0.25, 0.3) is 0 Å². The summed E-state index contributed by atoms with van der Waals surface area (Å²) in [6.07, 6.45) is 2.00. The van der Waals surface area contributed by atoms with Gasteiger partial charge in [0.2, 0.25) is 0 Å². The van der Waals surface area contributed by atoms with Gasteiger partial charge in [0.05, 0.1) is 0 Å². The van der Waals surface area contributed by atoms with E-state index in [1.54, 1.807) is 48.0 Å². The van der Waals surface area contributed by atoms with Crippen LogP contribution >= 0.6 is 11.8 Å². The zero-order valence-corrected chi connectivity index (χ0v) is 11.3. The molecule has 0 fully saturated rings. The van der Waals surface area contributed by atoms with Gasteiger partial charge >= 0.3 is 0 Å². The van der Waals surface area contributed by atoms with Gasteiger partial charge in [0, 0.05) is 30.5 Å². The normalized spacial score (nSPS) is 11.3. The van der Waals surface area contributed by atoms with Gasteiger partial charge in [-0.15, -0.1) is 0 Å². The number of nitrogens with zero attached hydrogens (tertiary/aromatic N) is 2. The average molecular weight is 267 g/mol. The van der Waals surface area contributed by atoms with Crippen LogP contribution in [-0.4, -0.2) is 47.5 Å². The van der Waals surface area contributed by atoms with Crippen LogP contribution in [0.15, 0.2) is 29.4 Å². The topological polar surface area (TPSA) is 78.9 Å². The molecule has 0 radical (unpaired) electrons. The molecule has 1 aromatic rings. The fourth-order valence-electron chi connectivity index (χ4n) is 1.39. The van der Waals surface area contributed by atoms with Gasteiger partial charge in [0.15, 0.2) is 5.84 Å². The van der Waals surface area contributed by atoms with E-state index in [0.29, 0.717) is 17.7 Å². The van der Waals surface area contributed by atoms with Gasteiger partial charge in [-0.05, 0) is 18.4 Å². The monoisotopic (exact) mass is 267 g/mol. The minimum Gasteiger partial charge on any atom is -0.409 e. The highest BCUT2D eigenvalue weighted by molar-refractivity contribution is 7.98. The van der Waals surface area contributed by atoms with Gasteiger partial charge in [-0.1, -0.05) is 17.3 Å². The first-order chi connectivity index (χ1) is 8.60. The number of rotatable bonds is 5. The molecule has 6 heteroatoms. The van der Waals surface area contributed by atoms with E-state index >= 15 is 0 Å². The standard InChI is InChI=1S/C12H17N3O2S/c1-15(7-8-18-2)12(16)10-5-3-9(4-6-10)11(13)14-17/h3-6,17H,7-8H2,1-2H3,(H2,13,14). The summed E-state index contributed by atoms with van der Waals surface area (Å²) in [6.45, 7) is 0.710. The molecule has 98 valence electrons. The van der Waals surface area contributed by atoms with Crippen molar-refractivity contribution >= 4 is 23.5 Å². The molecular weight excluding hydrogens is 250 g/mol. The second kappa shape index (κ2) is 6.90. The molecule has 0 aliphatic carbocycles. The summed E-state index contributed by atoms with van der Waals surface area (Å²) in [7, 11) is 1.77. The summed E-state index contributed by atoms with van der Waals surface area (Å²) in [5.41, 5.74) is 6.62. The Labute approximate surface area is 111 Å². The third-order valence-electron chi connectivity index (χ3n) is 2.51. The lowest BCUT2D eigenvalue weighted by Crippen LogP contribution is -2.28. The number of benzene rings is 1. The lowest BCUT2D eigenvalue weighted by Gasteiger charge is -2.16. The molecule has 0 aliphatic heterocycles. The molecule has 1 aromatic carbocycles. The molecular formula is C12H17N3O2S. The van der Waals surface area contributed by atoms with Crippen molar-refractivity contribution in [2.75, 3.05) is 25.6 Å². The molecule has 5 nitrogen and oxygen atoms in total. The van der Waals surface area contributed by atoms with Crippen molar-refractivity contribution in [2.45, 2.75) is 0 Å². The molecule has 0 unspecified atom stereocenters. The van der Waals surface area contributed by atoms with Crippen LogP contribution in [0.5, 0.6) is 0 Å². The van der Waals surface area contributed by atoms with Crippen LogP contribution in [0.1, 0.15) is 15.9 Å². The molecule has 0 saturated heterocycles. The summed E-state index contributed by atoms with van der Waals surface area (Å²) in [4.78, 5) is 13.7. The molecule has 3 N–H and O–H groups in total. The molecule has 0 aromatic heterocycles. The molecule has 1 rings (SSSR count). The molecule has 0 spiro atoms. The van der Waals surface area contributed by atoms with Crippen molar-refractivity contribution in [3.05, 3.63) is 35.4 Å². The van der Waals surface area contributed by atoms with Crippen LogP contribution in [-0.2, 0) is 0 Å². The van der Waals surface area contributed by atoms with Crippen LogP contribution in [0.4, 0.5) is 0 Å². The van der Waals surface area contributed by atoms with E-state index in [1.165, 1.54) is 0 Å². The molecule has 0 aliphatic rings. The number of amidine groups is 1. The first-order valence-corrected chi connectivity index (χ1v) is 6.82. The summed E-state index contributed by atoms with van der Waals surface area (Å²) in [5.74, 6) is 0.907. The first kappa shape index (κ1) is 14.4. The van der Waals surface area contributed by atoms with E-state index in [0.717, 1.165) is 5.75 Å². The highest BCUT2D eigenvalue weighted by atomic mass is 32.2. The second-order valence-corrected chi connectivity index (χ2v) is 4.77. The summed E-state index contributed by atoms with van der Waals surface area (Å²) < 4.78 is 0. The Morgan fingerprint density at radius 2 is 1.94 bits per heavy atom. The zero-order valence-electron chi connectivity index (χ0n) is 10.5. The number of hydrogen-bond acceptors (Lipinski definition) is 4. The van der Waals surface area contributed by atoms with E-state index in [1.807, 2.05) is 6.26 Å². The van der Waals surface area contributed by atoms with E-state index in [9.17, 15) is 4.79 Å². The number of thioether (sulfide) groups is 1. The second-order valence-electron chi connectivity index (χ2n) is 3.78. The van der Waals surface area contributed by atoms with Crippen molar-refractivity contribution < 1.29 is 10.0 Å². The Hall–Kier alpha value is -1.69. The van der Waals surface area contributed by atoms with Crippen molar-refractivity contribution in [2.24, 2.45) is 10.9 Å². The smallest absolute Gasteiger partial charge is 0.253 e.